The SMILES string of the molecule is C[CH]C(CCO)N1CCN(C)CC1. The van der Waals surface area contributed by atoms with Gasteiger partial charge in [0.1, 0.15) is 0 Å². The van der Waals surface area contributed by atoms with Crippen molar-refractivity contribution in [1.82, 2.24) is 9.80 Å². The van der Waals surface area contributed by atoms with Gasteiger partial charge in [0.25, 0.3) is 0 Å². The zero-order chi connectivity index (χ0) is 9.68. The molecule has 1 unspecified atom stereocenters. The second kappa shape index (κ2) is 5.58. The van der Waals surface area contributed by atoms with E-state index in [1.807, 2.05) is 0 Å². The standard InChI is InChI=1S/C10H21N2O/c1-3-10(4-9-13)12-7-5-11(2)6-8-12/h3,10,13H,4-9H2,1-2H3. The van der Waals surface area contributed by atoms with Crippen LogP contribution in [-0.4, -0.2) is 60.8 Å². The van der Waals surface area contributed by atoms with Crippen molar-refractivity contribution in [2.75, 3.05) is 39.8 Å². The highest BCUT2D eigenvalue weighted by atomic mass is 16.3. The number of rotatable bonds is 4. The Labute approximate surface area is 81.3 Å². The Morgan fingerprint density at radius 1 is 1.31 bits per heavy atom. The van der Waals surface area contributed by atoms with E-state index < -0.39 is 0 Å². The zero-order valence-electron chi connectivity index (χ0n) is 8.74. The summed E-state index contributed by atoms with van der Waals surface area (Å²) in [6.07, 6.45) is 3.07. The van der Waals surface area contributed by atoms with E-state index in [0.717, 1.165) is 32.6 Å². The molecule has 1 aliphatic heterocycles. The highest BCUT2D eigenvalue weighted by molar-refractivity contribution is 4.84. The fourth-order valence-electron chi connectivity index (χ4n) is 1.85. The first-order valence-corrected chi connectivity index (χ1v) is 5.11. The molecule has 1 radical (unpaired) electrons. The topological polar surface area (TPSA) is 26.7 Å². The van der Waals surface area contributed by atoms with Gasteiger partial charge in [-0.05, 0) is 19.9 Å². The molecule has 1 atom stereocenters. The number of aliphatic hydroxyl groups is 1. The first kappa shape index (κ1) is 11.0. The molecule has 0 aromatic carbocycles. The Hall–Kier alpha value is -0.120. The molecule has 0 saturated carbocycles. The molecule has 0 aromatic rings. The number of hydrogen-bond donors (Lipinski definition) is 1. The molecular formula is C10H21N2O. The van der Waals surface area contributed by atoms with Crippen LogP contribution in [0.15, 0.2) is 0 Å². The van der Waals surface area contributed by atoms with Crippen molar-refractivity contribution in [1.29, 1.82) is 0 Å². The van der Waals surface area contributed by atoms with Crippen LogP contribution in [-0.2, 0) is 0 Å². The number of aliphatic hydroxyl groups excluding tert-OH is 1. The van der Waals surface area contributed by atoms with Gasteiger partial charge in [0.2, 0.25) is 0 Å². The van der Waals surface area contributed by atoms with Gasteiger partial charge in [-0.1, -0.05) is 6.92 Å². The zero-order valence-corrected chi connectivity index (χ0v) is 8.74. The molecule has 1 rings (SSSR count). The maximum atomic E-state index is 8.89. The number of likely N-dealkylation sites (N-methyl/N-ethyl adjacent to an activating group) is 1. The minimum Gasteiger partial charge on any atom is -0.396 e. The summed E-state index contributed by atoms with van der Waals surface area (Å²) in [5, 5.41) is 8.89. The van der Waals surface area contributed by atoms with Gasteiger partial charge in [-0.15, -0.1) is 0 Å². The molecule has 1 fully saturated rings. The lowest BCUT2D eigenvalue weighted by Crippen LogP contribution is -2.49. The summed E-state index contributed by atoms with van der Waals surface area (Å²) >= 11 is 0. The van der Waals surface area contributed by atoms with Crippen LogP contribution < -0.4 is 0 Å². The molecule has 1 saturated heterocycles. The Bertz CT molecular complexity index is 133. The molecule has 0 bridgehead atoms. The van der Waals surface area contributed by atoms with E-state index in [2.05, 4.69) is 30.2 Å². The molecule has 3 heteroatoms. The van der Waals surface area contributed by atoms with Gasteiger partial charge in [0.05, 0.1) is 0 Å². The molecule has 1 N–H and O–H groups in total. The second-order valence-electron chi connectivity index (χ2n) is 3.75. The van der Waals surface area contributed by atoms with Gasteiger partial charge in [0, 0.05) is 38.8 Å². The van der Waals surface area contributed by atoms with Gasteiger partial charge >= 0.3 is 0 Å². The third-order valence-corrected chi connectivity index (χ3v) is 2.82. The fourth-order valence-corrected chi connectivity index (χ4v) is 1.85. The summed E-state index contributed by atoms with van der Waals surface area (Å²) in [6, 6.07) is 0.471. The first-order chi connectivity index (χ1) is 6.27. The van der Waals surface area contributed by atoms with Crippen molar-refractivity contribution >= 4 is 0 Å². The van der Waals surface area contributed by atoms with Crippen molar-refractivity contribution in [3.8, 4) is 0 Å². The Morgan fingerprint density at radius 3 is 2.38 bits per heavy atom. The van der Waals surface area contributed by atoms with Crippen LogP contribution in [0.2, 0.25) is 0 Å². The second-order valence-corrected chi connectivity index (χ2v) is 3.75. The average molecular weight is 185 g/mol. The van der Waals surface area contributed by atoms with E-state index in [1.165, 1.54) is 0 Å². The summed E-state index contributed by atoms with van der Waals surface area (Å²) < 4.78 is 0. The summed E-state index contributed by atoms with van der Waals surface area (Å²) in [5.74, 6) is 0. The monoisotopic (exact) mass is 185 g/mol. The Morgan fingerprint density at radius 2 is 1.92 bits per heavy atom. The maximum Gasteiger partial charge on any atom is 0.0446 e. The van der Waals surface area contributed by atoms with E-state index >= 15 is 0 Å². The highest BCUT2D eigenvalue weighted by Gasteiger charge is 2.20. The third-order valence-electron chi connectivity index (χ3n) is 2.82. The van der Waals surface area contributed by atoms with Gasteiger partial charge in [0.15, 0.2) is 0 Å². The molecule has 0 aromatic heterocycles. The first-order valence-electron chi connectivity index (χ1n) is 5.11. The van der Waals surface area contributed by atoms with Crippen LogP contribution >= 0.6 is 0 Å². The lowest BCUT2D eigenvalue weighted by molar-refractivity contribution is 0.109. The van der Waals surface area contributed by atoms with E-state index in [0.29, 0.717) is 12.6 Å². The number of nitrogens with zero attached hydrogens (tertiary/aromatic N) is 2. The average Bonchev–Trinajstić information content (AvgIpc) is 2.16. The number of piperazine rings is 1. The van der Waals surface area contributed by atoms with Crippen LogP contribution in [0.3, 0.4) is 0 Å². The van der Waals surface area contributed by atoms with Crippen LogP contribution in [0, 0.1) is 6.42 Å². The van der Waals surface area contributed by atoms with E-state index in [-0.39, 0.29) is 0 Å². The van der Waals surface area contributed by atoms with Gasteiger partial charge in [-0.25, -0.2) is 0 Å². The lowest BCUT2D eigenvalue weighted by atomic mass is 10.1. The van der Waals surface area contributed by atoms with Crippen LogP contribution in [0.4, 0.5) is 0 Å². The van der Waals surface area contributed by atoms with Crippen LogP contribution in [0.1, 0.15) is 13.3 Å². The van der Waals surface area contributed by atoms with E-state index in [1.54, 1.807) is 0 Å². The summed E-state index contributed by atoms with van der Waals surface area (Å²) in [7, 11) is 2.16. The summed E-state index contributed by atoms with van der Waals surface area (Å²) in [6.45, 7) is 6.93. The molecular weight excluding hydrogens is 164 g/mol. The normalized spacial score (nSPS) is 23.3. The Kier molecular flexibility index (Phi) is 4.70. The predicted molar refractivity (Wildman–Crippen MR) is 54.5 cm³/mol. The minimum absolute atomic E-state index is 0.293. The van der Waals surface area contributed by atoms with Crippen molar-refractivity contribution in [2.24, 2.45) is 0 Å². The molecule has 0 aliphatic carbocycles. The molecule has 77 valence electrons. The molecule has 3 nitrogen and oxygen atoms in total. The molecule has 1 heterocycles. The van der Waals surface area contributed by atoms with Gasteiger partial charge in [-0.2, -0.15) is 0 Å². The van der Waals surface area contributed by atoms with E-state index in [9.17, 15) is 0 Å². The third kappa shape index (κ3) is 3.25. The molecule has 1 aliphatic rings. The summed E-state index contributed by atoms with van der Waals surface area (Å²) in [5.41, 5.74) is 0. The fraction of sp³-hybridized carbons (Fsp3) is 0.900. The van der Waals surface area contributed by atoms with Crippen molar-refractivity contribution < 1.29 is 5.11 Å². The Balaban J connectivity index is 2.32. The molecule has 0 spiro atoms. The molecule has 13 heavy (non-hydrogen) atoms. The van der Waals surface area contributed by atoms with Crippen molar-refractivity contribution in [3.05, 3.63) is 6.42 Å². The number of hydrogen-bond acceptors (Lipinski definition) is 3. The lowest BCUT2D eigenvalue weighted by Gasteiger charge is -2.37. The van der Waals surface area contributed by atoms with Crippen LogP contribution in [0.25, 0.3) is 0 Å². The summed E-state index contributed by atoms with van der Waals surface area (Å²) in [4.78, 5) is 4.80. The van der Waals surface area contributed by atoms with E-state index in [4.69, 9.17) is 5.11 Å². The highest BCUT2D eigenvalue weighted by Crippen LogP contribution is 2.10. The van der Waals surface area contributed by atoms with Crippen LogP contribution in [0.5, 0.6) is 0 Å². The van der Waals surface area contributed by atoms with Gasteiger partial charge < -0.3 is 10.0 Å². The van der Waals surface area contributed by atoms with Gasteiger partial charge in [-0.3, -0.25) is 4.90 Å². The van der Waals surface area contributed by atoms with Crippen molar-refractivity contribution in [3.63, 3.8) is 0 Å². The quantitative estimate of drug-likeness (QED) is 0.678. The van der Waals surface area contributed by atoms with Crippen molar-refractivity contribution in [2.45, 2.75) is 19.4 Å². The minimum atomic E-state index is 0.293. The maximum absolute atomic E-state index is 8.89. The largest absolute Gasteiger partial charge is 0.396 e. The smallest absolute Gasteiger partial charge is 0.0446 e. The molecule has 0 amide bonds. The predicted octanol–water partition coefficient (Wildman–Crippen LogP) is 0.209.